The van der Waals surface area contributed by atoms with Crippen molar-refractivity contribution in [2.24, 2.45) is 0 Å². The van der Waals surface area contributed by atoms with Crippen LogP contribution < -0.4 is 10.1 Å². The van der Waals surface area contributed by atoms with Gasteiger partial charge < -0.3 is 14.5 Å². The van der Waals surface area contributed by atoms with Crippen molar-refractivity contribution < 1.29 is 18.3 Å². The van der Waals surface area contributed by atoms with E-state index in [1.807, 2.05) is 19.1 Å². The van der Waals surface area contributed by atoms with Crippen LogP contribution in [0.5, 0.6) is 11.6 Å². The highest BCUT2D eigenvalue weighted by molar-refractivity contribution is 5.94. The van der Waals surface area contributed by atoms with Crippen LogP contribution in [-0.2, 0) is 6.54 Å². The first kappa shape index (κ1) is 19.3. The molecule has 2 aromatic heterocycles. The van der Waals surface area contributed by atoms with Gasteiger partial charge in [-0.2, -0.15) is 4.98 Å². The van der Waals surface area contributed by atoms with Crippen molar-refractivity contribution in [1.82, 2.24) is 15.3 Å². The number of hydrogen-bond donors (Lipinski definition) is 1. The minimum Gasteiger partial charge on any atom is -0.465 e. The van der Waals surface area contributed by atoms with Gasteiger partial charge in [-0.15, -0.1) is 0 Å². The molecular weight excluding hydrogens is 385 g/mol. The SMILES string of the molecule is Cc1ccc(CNC(=O)c2ccc(Oc3ccnc(-c4ccc(F)cc4)n3)cc2)o1. The average Bonchev–Trinajstić information content (AvgIpc) is 3.18. The fraction of sp³-hybridized carbons (Fsp3) is 0.0870. The normalized spacial score (nSPS) is 10.6. The maximum atomic E-state index is 13.1. The summed E-state index contributed by atoms with van der Waals surface area (Å²) in [5.74, 6) is 2.25. The van der Waals surface area contributed by atoms with E-state index in [-0.39, 0.29) is 11.7 Å². The van der Waals surface area contributed by atoms with Gasteiger partial charge >= 0.3 is 0 Å². The highest BCUT2D eigenvalue weighted by atomic mass is 19.1. The molecule has 0 unspecified atom stereocenters. The van der Waals surface area contributed by atoms with E-state index in [9.17, 15) is 9.18 Å². The Morgan fingerprint density at radius 1 is 1.03 bits per heavy atom. The minimum atomic E-state index is -0.324. The van der Waals surface area contributed by atoms with Crippen molar-refractivity contribution in [3.8, 4) is 23.0 Å². The lowest BCUT2D eigenvalue weighted by atomic mass is 10.2. The largest absolute Gasteiger partial charge is 0.465 e. The van der Waals surface area contributed by atoms with Gasteiger partial charge in [0.1, 0.15) is 23.1 Å². The number of ether oxygens (including phenoxy) is 1. The Morgan fingerprint density at radius 3 is 2.50 bits per heavy atom. The molecule has 2 heterocycles. The first-order valence-corrected chi connectivity index (χ1v) is 9.27. The van der Waals surface area contributed by atoms with Crippen LogP contribution >= 0.6 is 0 Å². The molecular formula is C23H18FN3O3. The third kappa shape index (κ3) is 4.70. The van der Waals surface area contributed by atoms with Crippen molar-refractivity contribution in [2.45, 2.75) is 13.5 Å². The number of benzene rings is 2. The molecule has 2 aromatic carbocycles. The summed E-state index contributed by atoms with van der Waals surface area (Å²) in [5.41, 5.74) is 1.18. The predicted octanol–water partition coefficient (Wildman–Crippen LogP) is 4.91. The van der Waals surface area contributed by atoms with Gasteiger partial charge in [0, 0.05) is 23.4 Å². The molecule has 150 valence electrons. The molecule has 7 heteroatoms. The number of furan rings is 1. The molecule has 30 heavy (non-hydrogen) atoms. The van der Waals surface area contributed by atoms with Gasteiger partial charge in [-0.1, -0.05) is 0 Å². The fourth-order valence-electron chi connectivity index (χ4n) is 2.78. The Labute approximate surface area is 172 Å². The van der Waals surface area contributed by atoms with Gasteiger partial charge in [-0.3, -0.25) is 4.79 Å². The fourth-order valence-corrected chi connectivity index (χ4v) is 2.78. The van der Waals surface area contributed by atoms with Crippen LogP contribution in [0.2, 0.25) is 0 Å². The molecule has 0 aliphatic rings. The zero-order valence-electron chi connectivity index (χ0n) is 16.1. The summed E-state index contributed by atoms with van der Waals surface area (Å²) in [4.78, 5) is 20.8. The number of nitrogens with one attached hydrogen (secondary N) is 1. The number of carbonyl (C=O) groups is 1. The Balaban J connectivity index is 1.40. The van der Waals surface area contributed by atoms with Crippen LogP contribution in [0.3, 0.4) is 0 Å². The first-order valence-electron chi connectivity index (χ1n) is 9.27. The topological polar surface area (TPSA) is 77.2 Å². The molecule has 0 aliphatic heterocycles. The lowest BCUT2D eigenvalue weighted by molar-refractivity contribution is 0.0948. The molecule has 0 bridgehead atoms. The van der Waals surface area contributed by atoms with E-state index in [0.717, 1.165) is 5.76 Å². The number of halogens is 1. The number of amides is 1. The van der Waals surface area contributed by atoms with Crippen molar-refractivity contribution >= 4 is 5.91 Å². The number of hydrogen-bond acceptors (Lipinski definition) is 5. The van der Waals surface area contributed by atoms with Crippen molar-refractivity contribution in [3.05, 3.63) is 95.8 Å². The van der Waals surface area contributed by atoms with E-state index in [0.29, 0.717) is 40.9 Å². The summed E-state index contributed by atoms with van der Waals surface area (Å²) in [6.07, 6.45) is 1.57. The Hall–Kier alpha value is -4.00. The zero-order chi connectivity index (χ0) is 20.9. The molecule has 0 saturated carbocycles. The van der Waals surface area contributed by atoms with E-state index >= 15 is 0 Å². The summed E-state index contributed by atoms with van der Waals surface area (Å²) in [6, 6.07) is 17.9. The molecule has 0 saturated heterocycles. The first-order chi connectivity index (χ1) is 14.6. The quantitative estimate of drug-likeness (QED) is 0.495. The highest BCUT2D eigenvalue weighted by Gasteiger charge is 2.09. The van der Waals surface area contributed by atoms with Crippen LogP contribution in [0.4, 0.5) is 4.39 Å². The van der Waals surface area contributed by atoms with Crippen LogP contribution in [0.15, 0.2) is 77.3 Å². The standard InChI is InChI=1S/C23H18FN3O3/c1-15-2-9-20(29-15)14-26-23(28)17-5-10-19(11-6-17)30-21-12-13-25-22(27-21)16-3-7-18(24)8-4-16/h2-13H,14H2,1H3,(H,26,28). The molecule has 1 N–H and O–H groups in total. The highest BCUT2D eigenvalue weighted by Crippen LogP contribution is 2.23. The molecule has 0 aliphatic carbocycles. The van der Waals surface area contributed by atoms with E-state index in [1.54, 1.807) is 48.7 Å². The lowest BCUT2D eigenvalue weighted by Crippen LogP contribution is -2.22. The summed E-state index contributed by atoms with van der Waals surface area (Å²) in [6.45, 7) is 2.17. The number of rotatable bonds is 6. The molecule has 0 radical (unpaired) electrons. The second-order valence-corrected chi connectivity index (χ2v) is 6.55. The number of aromatic nitrogens is 2. The van der Waals surface area contributed by atoms with Gasteiger partial charge in [0.15, 0.2) is 5.82 Å². The third-order valence-electron chi connectivity index (χ3n) is 4.29. The van der Waals surface area contributed by atoms with Gasteiger partial charge in [0.05, 0.1) is 6.54 Å². The second kappa shape index (κ2) is 8.57. The van der Waals surface area contributed by atoms with Gasteiger partial charge in [0.2, 0.25) is 5.88 Å². The number of aryl methyl sites for hydroxylation is 1. The smallest absolute Gasteiger partial charge is 0.251 e. The van der Waals surface area contributed by atoms with Crippen LogP contribution in [0.25, 0.3) is 11.4 Å². The molecule has 0 fully saturated rings. The molecule has 0 atom stereocenters. The van der Waals surface area contributed by atoms with E-state index in [4.69, 9.17) is 9.15 Å². The molecule has 0 spiro atoms. The van der Waals surface area contributed by atoms with Gasteiger partial charge in [-0.25, -0.2) is 9.37 Å². The maximum Gasteiger partial charge on any atom is 0.251 e. The average molecular weight is 403 g/mol. The summed E-state index contributed by atoms with van der Waals surface area (Å²) >= 11 is 0. The number of carbonyl (C=O) groups excluding carboxylic acids is 1. The van der Waals surface area contributed by atoms with Gasteiger partial charge in [0.25, 0.3) is 5.91 Å². The van der Waals surface area contributed by atoms with Crippen LogP contribution in [-0.4, -0.2) is 15.9 Å². The Bertz CT molecular complexity index is 1160. The van der Waals surface area contributed by atoms with Crippen molar-refractivity contribution in [2.75, 3.05) is 0 Å². The van der Waals surface area contributed by atoms with E-state index in [2.05, 4.69) is 15.3 Å². The second-order valence-electron chi connectivity index (χ2n) is 6.55. The van der Waals surface area contributed by atoms with Crippen LogP contribution in [0, 0.1) is 12.7 Å². The minimum absolute atomic E-state index is 0.212. The Kier molecular flexibility index (Phi) is 5.52. The monoisotopic (exact) mass is 403 g/mol. The predicted molar refractivity (Wildman–Crippen MR) is 109 cm³/mol. The third-order valence-corrected chi connectivity index (χ3v) is 4.29. The van der Waals surface area contributed by atoms with E-state index < -0.39 is 0 Å². The Morgan fingerprint density at radius 2 is 1.80 bits per heavy atom. The van der Waals surface area contributed by atoms with Crippen molar-refractivity contribution in [3.63, 3.8) is 0 Å². The number of nitrogens with zero attached hydrogens (tertiary/aromatic N) is 2. The summed E-state index contributed by atoms with van der Waals surface area (Å²) in [5, 5.41) is 2.81. The van der Waals surface area contributed by atoms with E-state index in [1.165, 1.54) is 12.1 Å². The molecule has 4 rings (SSSR count). The molecule has 1 amide bonds. The van der Waals surface area contributed by atoms with Crippen LogP contribution in [0.1, 0.15) is 21.9 Å². The maximum absolute atomic E-state index is 13.1. The zero-order valence-corrected chi connectivity index (χ0v) is 16.1. The summed E-state index contributed by atoms with van der Waals surface area (Å²) < 4.78 is 24.3. The molecule has 4 aromatic rings. The van der Waals surface area contributed by atoms with Gasteiger partial charge in [-0.05, 0) is 67.6 Å². The lowest BCUT2D eigenvalue weighted by Gasteiger charge is -2.08. The molecule has 6 nitrogen and oxygen atoms in total. The summed E-state index contributed by atoms with van der Waals surface area (Å²) in [7, 11) is 0. The van der Waals surface area contributed by atoms with Crippen molar-refractivity contribution in [1.29, 1.82) is 0 Å².